The second kappa shape index (κ2) is 10.7. The minimum absolute atomic E-state index is 0.168. The van der Waals surface area contributed by atoms with Crippen LogP contribution < -0.4 is 14.4 Å². The van der Waals surface area contributed by atoms with Gasteiger partial charge in [0, 0.05) is 17.2 Å². The minimum Gasteiger partial charge on any atom is -0.497 e. The van der Waals surface area contributed by atoms with E-state index in [0.717, 1.165) is 27.3 Å². The van der Waals surface area contributed by atoms with Crippen LogP contribution in [0, 0.1) is 17.0 Å². The number of anilines is 2. The summed E-state index contributed by atoms with van der Waals surface area (Å²) in [5.74, 6) is -0.185. The minimum atomic E-state index is -4.38. The van der Waals surface area contributed by atoms with Crippen LogP contribution in [-0.2, 0) is 14.8 Å². The highest BCUT2D eigenvalue weighted by Crippen LogP contribution is 2.30. The Hall–Kier alpha value is -4.36. The number of carbonyl (C=O) groups excluding carboxylic acids is 1. The van der Waals surface area contributed by atoms with Crippen LogP contribution in [0.4, 0.5) is 16.5 Å². The van der Waals surface area contributed by atoms with Crippen molar-refractivity contribution < 1.29 is 22.9 Å². The summed E-state index contributed by atoms with van der Waals surface area (Å²) in [6.07, 6.45) is 0. The van der Waals surface area contributed by atoms with Crippen molar-refractivity contribution in [2.45, 2.75) is 11.8 Å². The fraction of sp³-hybridized carbons (Fsp3) is 0.125. The number of benzene rings is 3. The lowest BCUT2D eigenvalue weighted by Gasteiger charge is -2.24. The Morgan fingerprint density at radius 2 is 1.78 bits per heavy atom. The average Bonchev–Trinajstić information content (AvgIpc) is 3.36. The molecule has 37 heavy (non-hydrogen) atoms. The van der Waals surface area contributed by atoms with Gasteiger partial charge in [-0.3, -0.25) is 24.5 Å². The van der Waals surface area contributed by atoms with Crippen LogP contribution in [0.25, 0.3) is 10.6 Å². The quantitative estimate of drug-likeness (QED) is 0.245. The summed E-state index contributed by atoms with van der Waals surface area (Å²) in [6.45, 7) is 0.894. The molecule has 0 fully saturated rings. The lowest BCUT2D eigenvalue weighted by Crippen LogP contribution is -2.38. The van der Waals surface area contributed by atoms with Gasteiger partial charge in [-0.25, -0.2) is 8.42 Å². The summed E-state index contributed by atoms with van der Waals surface area (Å²) in [7, 11) is -2.91. The molecule has 0 unspecified atom stereocenters. The topological polar surface area (TPSA) is 145 Å². The second-order valence-corrected chi connectivity index (χ2v) is 10.6. The van der Waals surface area contributed by atoms with Crippen molar-refractivity contribution in [3.63, 3.8) is 0 Å². The van der Waals surface area contributed by atoms with Gasteiger partial charge in [-0.15, -0.1) is 10.2 Å². The maximum Gasteiger partial charge on any atom is 0.273 e. The zero-order valence-corrected chi connectivity index (χ0v) is 21.3. The molecule has 13 heteroatoms. The van der Waals surface area contributed by atoms with Crippen LogP contribution in [0.15, 0.2) is 77.7 Å². The van der Waals surface area contributed by atoms with E-state index in [1.807, 2.05) is 30.3 Å². The van der Waals surface area contributed by atoms with Gasteiger partial charge in [-0.05, 0) is 37.3 Å². The first kappa shape index (κ1) is 25.7. The van der Waals surface area contributed by atoms with Gasteiger partial charge in [0.1, 0.15) is 17.3 Å². The van der Waals surface area contributed by atoms with Crippen molar-refractivity contribution in [2.24, 2.45) is 0 Å². The van der Waals surface area contributed by atoms with Crippen molar-refractivity contribution in [2.75, 3.05) is 23.3 Å². The molecule has 3 aromatic carbocycles. The zero-order chi connectivity index (χ0) is 26.6. The zero-order valence-electron chi connectivity index (χ0n) is 19.7. The summed E-state index contributed by atoms with van der Waals surface area (Å²) in [5.41, 5.74) is 0.955. The molecule has 4 aromatic rings. The number of ether oxygens (including phenoxy) is 1. The molecule has 1 heterocycles. The number of nitrogens with zero attached hydrogens (tertiary/aromatic N) is 4. The van der Waals surface area contributed by atoms with E-state index >= 15 is 0 Å². The molecule has 0 saturated carbocycles. The molecule has 4 rings (SSSR count). The predicted molar refractivity (Wildman–Crippen MR) is 139 cm³/mol. The maximum atomic E-state index is 13.6. The monoisotopic (exact) mass is 539 g/mol. The third kappa shape index (κ3) is 5.73. The normalized spacial score (nSPS) is 11.1. The van der Waals surface area contributed by atoms with E-state index in [1.54, 1.807) is 12.1 Å². The number of amides is 1. The number of nitro groups is 1. The predicted octanol–water partition coefficient (Wildman–Crippen LogP) is 4.26. The van der Waals surface area contributed by atoms with Gasteiger partial charge in [-0.1, -0.05) is 47.7 Å². The molecule has 0 saturated heterocycles. The number of carbonyl (C=O) groups is 1. The lowest BCUT2D eigenvalue weighted by molar-refractivity contribution is -0.385. The smallest absolute Gasteiger partial charge is 0.273 e. The molecule has 0 aliphatic carbocycles. The van der Waals surface area contributed by atoms with Gasteiger partial charge in [0.25, 0.3) is 15.7 Å². The second-order valence-electron chi connectivity index (χ2n) is 7.74. The maximum absolute atomic E-state index is 13.6. The van der Waals surface area contributed by atoms with E-state index in [-0.39, 0.29) is 21.4 Å². The highest BCUT2D eigenvalue weighted by molar-refractivity contribution is 7.92. The fourth-order valence-electron chi connectivity index (χ4n) is 3.40. The molecule has 0 spiro atoms. The Labute approximate surface area is 216 Å². The Morgan fingerprint density at radius 3 is 2.43 bits per heavy atom. The van der Waals surface area contributed by atoms with Crippen LogP contribution in [0.1, 0.15) is 5.56 Å². The van der Waals surface area contributed by atoms with Crippen molar-refractivity contribution in [3.8, 4) is 16.3 Å². The van der Waals surface area contributed by atoms with Gasteiger partial charge >= 0.3 is 0 Å². The SMILES string of the molecule is COc1ccc(N(CC(=O)Nc2nnc(-c3ccccc3)s2)S(=O)(=O)c2ccc(C)c([N+](=O)[O-])c2)cc1. The van der Waals surface area contributed by atoms with Crippen molar-refractivity contribution >= 4 is 43.8 Å². The Bertz CT molecular complexity index is 1540. The third-order valence-corrected chi connectivity index (χ3v) is 7.96. The van der Waals surface area contributed by atoms with Crippen LogP contribution in [0.3, 0.4) is 0 Å². The summed E-state index contributed by atoms with van der Waals surface area (Å²) < 4.78 is 33.2. The number of hydrogen-bond acceptors (Lipinski definition) is 9. The highest BCUT2D eigenvalue weighted by atomic mass is 32.2. The Balaban J connectivity index is 1.64. The van der Waals surface area contributed by atoms with E-state index in [0.29, 0.717) is 16.3 Å². The number of aromatic nitrogens is 2. The molecule has 1 N–H and O–H groups in total. The molecule has 11 nitrogen and oxygen atoms in total. The number of nitro benzene ring substituents is 1. The molecule has 0 atom stereocenters. The number of sulfonamides is 1. The molecule has 1 amide bonds. The molecular weight excluding hydrogens is 518 g/mol. The first-order valence-electron chi connectivity index (χ1n) is 10.8. The number of nitrogens with one attached hydrogen (secondary N) is 1. The van der Waals surface area contributed by atoms with Gasteiger partial charge in [0.2, 0.25) is 11.0 Å². The summed E-state index contributed by atoms with van der Waals surface area (Å²) in [4.78, 5) is 23.4. The first-order valence-corrected chi connectivity index (χ1v) is 13.1. The van der Waals surface area contributed by atoms with Gasteiger partial charge in [0.05, 0.1) is 22.6 Å². The van der Waals surface area contributed by atoms with Crippen molar-refractivity contribution in [3.05, 3.63) is 88.5 Å². The average molecular weight is 540 g/mol. The summed E-state index contributed by atoms with van der Waals surface area (Å²) in [5, 5.41) is 22.8. The van der Waals surface area contributed by atoms with Crippen LogP contribution in [0.2, 0.25) is 0 Å². The Morgan fingerprint density at radius 1 is 1.08 bits per heavy atom. The van der Waals surface area contributed by atoms with Gasteiger partial charge in [0.15, 0.2) is 0 Å². The standard InChI is InChI=1S/C24H21N5O6S2/c1-16-8-13-20(14-21(16)29(31)32)37(33,34)28(18-9-11-19(35-2)12-10-18)15-22(30)25-24-27-26-23(36-24)17-6-4-3-5-7-17/h3-14H,15H2,1-2H3,(H,25,27,30). The summed E-state index contributed by atoms with van der Waals surface area (Å²) in [6, 6.07) is 18.9. The Kier molecular flexibility index (Phi) is 7.45. The van der Waals surface area contributed by atoms with Gasteiger partial charge < -0.3 is 4.74 Å². The number of rotatable bonds is 9. The largest absolute Gasteiger partial charge is 0.497 e. The van der Waals surface area contributed by atoms with Crippen molar-refractivity contribution in [1.29, 1.82) is 0 Å². The number of aryl methyl sites for hydroxylation is 1. The summed E-state index contributed by atoms with van der Waals surface area (Å²) >= 11 is 1.14. The van der Waals surface area contributed by atoms with Crippen LogP contribution in [0.5, 0.6) is 5.75 Å². The van der Waals surface area contributed by atoms with Crippen molar-refractivity contribution in [1.82, 2.24) is 10.2 Å². The van der Waals surface area contributed by atoms with Gasteiger partial charge in [-0.2, -0.15) is 0 Å². The lowest BCUT2D eigenvalue weighted by atomic mass is 10.2. The molecule has 0 radical (unpaired) electrons. The van der Waals surface area contributed by atoms with Crippen LogP contribution >= 0.6 is 11.3 Å². The van der Waals surface area contributed by atoms with E-state index < -0.39 is 27.4 Å². The number of methoxy groups -OCH3 is 1. The molecule has 0 aliphatic rings. The molecule has 1 aromatic heterocycles. The van der Waals surface area contributed by atoms with Crippen LogP contribution in [-0.4, -0.2) is 43.1 Å². The molecule has 0 bridgehead atoms. The van der Waals surface area contributed by atoms with E-state index in [4.69, 9.17) is 4.74 Å². The van der Waals surface area contributed by atoms with E-state index in [2.05, 4.69) is 15.5 Å². The molecule has 0 aliphatic heterocycles. The third-order valence-electron chi connectivity index (χ3n) is 5.31. The number of hydrogen-bond donors (Lipinski definition) is 1. The van der Waals surface area contributed by atoms with E-state index in [1.165, 1.54) is 38.3 Å². The fourth-order valence-corrected chi connectivity index (χ4v) is 5.60. The van der Waals surface area contributed by atoms with E-state index in [9.17, 15) is 23.3 Å². The molecule has 190 valence electrons. The highest BCUT2D eigenvalue weighted by Gasteiger charge is 2.29. The first-order chi connectivity index (χ1) is 17.7. The molecular formula is C24H21N5O6S2.